The first-order chi connectivity index (χ1) is 12.7. The molecular weight excluding hydrogens is 342 g/mol. The summed E-state index contributed by atoms with van der Waals surface area (Å²) < 4.78 is 1.85. The minimum Gasteiger partial charge on any atom is -0.337 e. The van der Waals surface area contributed by atoms with Crippen molar-refractivity contribution in [2.24, 2.45) is 0 Å². The van der Waals surface area contributed by atoms with Gasteiger partial charge in [-0.05, 0) is 49.4 Å². The van der Waals surface area contributed by atoms with Crippen LogP contribution >= 0.6 is 11.3 Å². The van der Waals surface area contributed by atoms with Crippen LogP contribution in [0.3, 0.4) is 0 Å². The van der Waals surface area contributed by atoms with E-state index in [2.05, 4.69) is 11.2 Å². The van der Waals surface area contributed by atoms with Crippen LogP contribution in [0.5, 0.6) is 0 Å². The average Bonchev–Trinajstić information content (AvgIpc) is 3.24. The zero-order valence-corrected chi connectivity index (χ0v) is 15.8. The van der Waals surface area contributed by atoms with Crippen LogP contribution in [0.15, 0.2) is 48.8 Å². The number of benzene rings is 1. The van der Waals surface area contributed by atoms with Crippen molar-refractivity contribution in [1.29, 1.82) is 0 Å². The Kier molecular flexibility index (Phi) is 4.89. The fraction of sp³-hybridized carbons (Fsp3) is 0.333. The molecule has 0 unspecified atom stereocenters. The first-order valence-electron chi connectivity index (χ1n) is 9.17. The van der Waals surface area contributed by atoms with Gasteiger partial charge in [0.25, 0.3) is 5.91 Å². The molecule has 26 heavy (non-hydrogen) atoms. The van der Waals surface area contributed by atoms with E-state index in [-0.39, 0.29) is 5.91 Å². The molecule has 0 radical (unpaired) electrons. The van der Waals surface area contributed by atoms with Crippen molar-refractivity contribution in [3.05, 3.63) is 69.7 Å². The smallest absolute Gasteiger partial charge is 0.263 e. The Labute approximate surface area is 158 Å². The van der Waals surface area contributed by atoms with Gasteiger partial charge in [0.1, 0.15) is 0 Å². The molecule has 1 aliphatic carbocycles. The van der Waals surface area contributed by atoms with E-state index in [4.69, 9.17) is 0 Å². The minimum absolute atomic E-state index is 0.107. The lowest BCUT2D eigenvalue weighted by Gasteiger charge is -2.15. The Morgan fingerprint density at radius 3 is 2.85 bits per heavy atom. The molecule has 0 fully saturated rings. The summed E-state index contributed by atoms with van der Waals surface area (Å²) in [6.45, 7) is 0.564. The molecule has 1 aliphatic rings. The van der Waals surface area contributed by atoms with Gasteiger partial charge in [0, 0.05) is 30.2 Å². The Morgan fingerprint density at radius 1 is 1.19 bits per heavy atom. The number of hydrogen-bond acceptors (Lipinski definition) is 3. The molecule has 0 N–H and O–H groups in total. The highest BCUT2D eigenvalue weighted by atomic mass is 32.1. The predicted molar refractivity (Wildman–Crippen MR) is 105 cm³/mol. The highest BCUT2D eigenvalue weighted by molar-refractivity contribution is 7.14. The molecule has 0 saturated carbocycles. The zero-order chi connectivity index (χ0) is 17.9. The fourth-order valence-corrected chi connectivity index (χ4v) is 4.72. The number of thiophene rings is 1. The number of hydrogen-bond donors (Lipinski definition) is 0. The Morgan fingerprint density at radius 2 is 2.00 bits per heavy atom. The third-order valence-electron chi connectivity index (χ3n) is 4.88. The molecular formula is C21H23N3OS. The molecule has 4 rings (SSSR count). The molecule has 0 spiro atoms. The molecule has 0 atom stereocenters. The van der Waals surface area contributed by atoms with Crippen LogP contribution in [0.1, 0.15) is 44.9 Å². The number of para-hydroxylation sites is 1. The molecule has 3 aromatic rings. The largest absolute Gasteiger partial charge is 0.337 e. The van der Waals surface area contributed by atoms with E-state index in [0.29, 0.717) is 6.54 Å². The second-order valence-electron chi connectivity index (χ2n) is 6.91. The van der Waals surface area contributed by atoms with Crippen molar-refractivity contribution in [2.75, 3.05) is 7.05 Å². The molecule has 134 valence electrons. The normalized spacial score (nSPS) is 13.9. The van der Waals surface area contributed by atoms with E-state index in [1.54, 1.807) is 16.2 Å². The third kappa shape index (κ3) is 3.58. The molecule has 0 bridgehead atoms. The van der Waals surface area contributed by atoms with Crippen LogP contribution in [-0.4, -0.2) is 27.6 Å². The summed E-state index contributed by atoms with van der Waals surface area (Å²) in [5, 5.41) is 4.42. The maximum absolute atomic E-state index is 12.8. The van der Waals surface area contributed by atoms with Gasteiger partial charge in [-0.3, -0.25) is 4.79 Å². The highest BCUT2D eigenvalue weighted by Gasteiger charge is 2.19. The molecule has 5 heteroatoms. The van der Waals surface area contributed by atoms with Gasteiger partial charge >= 0.3 is 0 Å². The van der Waals surface area contributed by atoms with E-state index in [1.165, 1.54) is 29.7 Å². The molecule has 1 aromatic carbocycles. The average molecular weight is 366 g/mol. The van der Waals surface area contributed by atoms with Crippen molar-refractivity contribution >= 4 is 17.2 Å². The SMILES string of the molecule is CN(Cc1cnn(-c2ccccc2)c1)C(=O)c1cc2c(s1)CCCCC2. The van der Waals surface area contributed by atoms with E-state index < -0.39 is 0 Å². The van der Waals surface area contributed by atoms with Crippen molar-refractivity contribution in [3.63, 3.8) is 0 Å². The number of amides is 1. The number of carbonyl (C=O) groups excluding carboxylic acids is 1. The number of rotatable bonds is 4. The lowest BCUT2D eigenvalue weighted by Crippen LogP contribution is -2.25. The summed E-state index contributed by atoms with van der Waals surface area (Å²) in [5.41, 5.74) is 3.44. The highest BCUT2D eigenvalue weighted by Crippen LogP contribution is 2.29. The molecule has 0 aliphatic heterocycles. The second-order valence-corrected chi connectivity index (χ2v) is 8.05. The first-order valence-corrected chi connectivity index (χ1v) is 9.98. The van der Waals surface area contributed by atoms with E-state index in [9.17, 15) is 4.79 Å². The van der Waals surface area contributed by atoms with Crippen molar-refractivity contribution in [3.8, 4) is 5.69 Å². The number of fused-ring (bicyclic) bond motifs is 1. The summed E-state index contributed by atoms with van der Waals surface area (Å²) in [6, 6.07) is 12.1. The van der Waals surface area contributed by atoms with E-state index in [1.807, 2.05) is 54.5 Å². The van der Waals surface area contributed by atoms with Gasteiger partial charge < -0.3 is 4.90 Å². The van der Waals surface area contributed by atoms with Crippen LogP contribution < -0.4 is 0 Å². The van der Waals surface area contributed by atoms with Crippen LogP contribution in [0.4, 0.5) is 0 Å². The lowest BCUT2D eigenvalue weighted by molar-refractivity contribution is 0.0790. The Bertz CT molecular complexity index is 874. The summed E-state index contributed by atoms with van der Waals surface area (Å²) in [6.07, 6.45) is 9.86. The summed E-state index contributed by atoms with van der Waals surface area (Å²) in [7, 11) is 1.87. The predicted octanol–water partition coefficient (Wildman–Crippen LogP) is 4.47. The Hall–Kier alpha value is -2.40. The third-order valence-corrected chi connectivity index (χ3v) is 6.11. The molecule has 2 heterocycles. The van der Waals surface area contributed by atoms with Crippen LogP contribution in [0.25, 0.3) is 5.69 Å². The van der Waals surface area contributed by atoms with Crippen LogP contribution in [0.2, 0.25) is 0 Å². The number of aryl methyl sites for hydroxylation is 2. The van der Waals surface area contributed by atoms with Crippen LogP contribution in [0, 0.1) is 0 Å². The minimum atomic E-state index is 0.107. The van der Waals surface area contributed by atoms with Gasteiger partial charge in [-0.2, -0.15) is 5.10 Å². The second kappa shape index (κ2) is 7.46. The van der Waals surface area contributed by atoms with E-state index in [0.717, 1.165) is 29.0 Å². The van der Waals surface area contributed by atoms with Crippen molar-refractivity contribution in [1.82, 2.24) is 14.7 Å². The van der Waals surface area contributed by atoms with Crippen LogP contribution in [-0.2, 0) is 19.4 Å². The fourth-order valence-electron chi connectivity index (χ4n) is 3.47. The van der Waals surface area contributed by atoms with Crippen molar-refractivity contribution < 1.29 is 4.79 Å². The van der Waals surface area contributed by atoms with Crippen molar-refractivity contribution in [2.45, 2.75) is 38.6 Å². The van der Waals surface area contributed by atoms with Gasteiger partial charge in [0.05, 0.1) is 16.8 Å². The van der Waals surface area contributed by atoms with Gasteiger partial charge in [-0.1, -0.05) is 24.6 Å². The Balaban J connectivity index is 1.46. The van der Waals surface area contributed by atoms with Gasteiger partial charge in [0.2, 0.25) is 0 Å². The molecule has 1 amide bonds. The van der Waals surface area contributed by atoms with Gasteiger partial charge in [0.15, 0.2) is 0 Å². The number of carbonyl (C=O) groups is 1. The topological polar surface area (TPSA) is 38.1 Å². The summed E-state index contributed by atoms with van der Waals surface area (Å²) in [5.74, 6) is 0.107. The van der Waals surface area contributed by atoms with Gasteiger partial charge in [-0.15, -0.1) is 11.3 Å². The zero-order valence-electron chi connectivity index (χ0n) is 15.0. The monoisotopic (exact) mass is 365 g/mol. The molecule has 0 saturated heterocycles. The quantitative estimate of drug-likeness (QED) is 0.640. The van der Waals surface area contributed by atoms with E-state index >= 15 is 0 Å². The first kappa shape index (κ1) is 17.0. The summed E-state index contributed by atoms with van der Waals surface area (Å²) in [4.78, 5) is 16.9. The van der Waals surface area contributed by atoms with Gasteiger partial charge in [-0.25, -0.2) is 4.68 Å². The maximum atomic E-state index is 12.8. The standard InChI is InChI=1S/C21H23N3OS/c1-23(14-16-13-22-24(15-16)18-9-5-3-6-10-18)21(25)20-12-17-8-4-2-7-11-19(17)26-20/h3,5-6,9-10,12-13,15H,2,4,7-8,11,14H2,1H3. The lowest BCUT2D eigenvalue weighted by atomic mass is 10.1. The maximum Gasteiger partial charge on any atom is 0.263 e. The molecule has 2 aromatic heterocycles. The number of nitrogens with zero attached hydrogens (tertiary/aromatic N) is 3. The number of aromatic nitrogens is 2. The molecule has 4 nitrogen and oxygen atoms in total. The summed E-state index contributed by atoms with van der Waals surface area (Å²) >= 11 is 1.69.